The lowest BCUT2D eigenvalue weighted by Crippen LogP contribution is -2.15. The number of nitrogens with two attached hydrogens (primary N) is 1. The minimum absolute atomic E-state index is 0.125. The van der Waals surface area contributed by atoms with Crippen LogP contribution < -0.4 is 16.0 Å². The van der Waals surface area contributed by atoms with E-state index in [0.717, 1.165) is 11.8 Å². The normalized spacial score (nSPS) is 10.2. The van der Waals surface area contributed by atoms with Crippen LogP contribution in [0.2, 0.25) is 0 Å². The Labute approximate surface area is 117 Å². The van der Waals surface area contributed by atoms with E-state index < -0.39 is 11.7 Å². The smallest absolute Gasteiger partial charge is 0.257 e. The standard InChI is InChI=1S/C15H16FN3O/c1-19(2)12-5-3-4-11(9-12)18-15(20)13-8-10(16)6-7-14(13)17/h3-9H,17H2,1-2H3,(H,18,20). The predicted molar refractivity (Wildman–Crippen MR) is 79.5 cm³/mol. The zero-order chi connectivity index (χ0) is 14.7. The Morgan fingerprint density at radius 3 is 2.65 bits per heavy atom. The highest BCUT2D eigenvalue weighted by molar-refractivity contribution is 6.07. The van der Waals surface area contributed by atoms with Crippen molar-refractivity contribution in [1.82, 2.24) is 0 Å². The van der Waals surface area contributed by atoms with Crippen molar-refractivity contribution in [3.8, 4) is 0 Å². The molecule has 1 amide bonds. The summed E-state index contributed by atoms with van der Waals surface area (Å²) in [5.41, 5.74) is 7.64. The summed E-state index contributed by atoms with van der Waals surface area (Å²) in [5.74, 6) is -0.927. The predicted octanol–water partition coefficient (Wildman–Crippen LogP) is 2.73. The number of carbonyl (C=O) groups excluding carboxylic acids is 1. The summed E-state index contributed by atoms with van der Waals surface area (Å²) in [5, 5.41) is 2.71. The molecule has 0 aliphatic rings. The molecule has 0 saturated carbocycles. The van der Waals surface area contributed by atoms with Crippen LogP contribution in [0.1, 0.15) is 10.4 Å². The first kappa shape index (κ1) is 13.9. The Kier molecular flexibility index (Phi) is 3.89. The molecule has 2 aromatic rings. The van der Waals surface area contributed by atoms with Crippen molar-refractivity contribution in [3.05, 3.63) is 53.8 Å². The SMILES string of the molecule is CN(C)c1cccc(NC(=O)c2cc(F)ccc2N)c1. The van der Waals surface area contributed by atoms with Gasteiger partial charge < -0.3 is 16.0 Å². The molecule has 0 heterocycles. The molecule has 0 aliphatic heterocycles. The maximum atomic E-state index is 13.2. The van der Waals surface area contributed by atoms with Gasteiger partial charge in [-0.15, -0.1) is 0 Å². The van der Waals surface area contributed by atoms with E-state index in [9.17, 15) is 9.18 Å². The van der Waals surface area contributed by atoms with E-state index in [-0.39, 0.29) is 11.3 Å². The van der Waals surface area contributed by atoms with E-state index in [1.807, 2.05) is 37.2 Å². The van der Waals surface area contributed by atoms with Gasteiger partial charge in [0, 0.05) is 31.2 Å². The van der Waals surface area contributed by atoms with Gasteiger partial charge in [-0.25, -0.2) is 4.39 Å². The molecule has 0 atom stereocenters. The van der Waals surface area contributed by atoms with Crippen molar-refractivity contribution >= 4 is 23.0 Å². The van der Waals surface area contributed by atoms with Crippen LogP contribution in [0.15, 0.2) is 42.5 Å². The second-order valence-corrected chi connectivity index (χ2v) is 4.63. The third kappa shape index (κ3) is 3.06. The maximum Gasteiger partial charge on any atom is 0.257 e. The summed E-state index contributed by atoms with van der Waals surface area (Å²) >= 11 is 0. The van der Waals surface area contributed by atoms with Crippen LogP contribution in [0, 0.1) is 5.82 Å². The topological polar surface area (TPSA) is 58.4 Å². The number of benzene rings is 2. The number of halogens is 1. The van der Waals surface area contributed by atoms with Crippen molar-refractivity contribution in [1.29, 1.82) is 0 Å². The summed E-state index contributed by atoms with van der Waals surface area (Å²) in [6, 6.07) is 11.1. The van der Waals surface area contributed by atoms with Gasteiger partial charge in [0.15, 0.2) is 0 Å². The molecule has 0 aliphatic carbocycles. The molecule has 4 nitrogen and oxygen atoms in total. The summed E-state index contributed by atoms with van der Waals surface area (Å²) in [6.45, 7) is 0. The minimum Gasteiger partial charge on any atom is -0.398 e. The van der Waals surface area contributed by atoms with Crippen molar-refractivity contribution in [3.63, 3.8) is 0 Å². The molecule has 5 heteroatoms. The van der Waals surface area contributed by atoms with Crippen LogP contribution in [0.25, 0.3) is 0 Å². The first-order chi connectivity index (χ1) is 9.47. The van der Waals surface area contributed by atoms with Gasteiger partial charge in [-0.2, -0.15) is 0 Å². The van der Waals surface area contributed by atoms with Crippen LogP contribution >= 0.6 is 0 Å². The maximum absolute atomic E-state index is 13.2. The summed E-state index contributed by atoms with van der Waals surface area (Å²) in [6.07, 6.45) is 0. The highest BCUT2D eigenvalue weighted by atomic mass is 19.1. The lowest BCUT2D eigenvalue weighted by atomic mass is 10.1. The molecule has 0 aromatic heterocycles. The molecule has 0 fully saturated rings. The van der Waals surface area contributed by atoms with Gasteiger partial charge in [-0.1, -0.05) is 6.07 Å². The van der Waals surface area contributed by atoms with Crippen LogP contribution in [0.4, 0.5) is 21.5 Å². The molecule has 0 bridgehead atoms. The number of anilines is 3. The lowest BCUT2D eigenvalue weighted by Gasteiger charge is -2.14. The highest BCUT2D eigenvalue weighted by Gasteiger charge is 2.11. The van der Waals surface area contributed by atoms with E-state index in [2.05, 4.69) is 5.32 Å². The molecule has 0 spiro atoms. The Hall–Kier alpha value is -2.56. The fourth-order valence-electron chi connectivity index (χ4n) is 1.79. The Morgan fingerprint density at radius 1 is 1.20 bits per heavy atom. The molecule has 20 heavy (non-hydrogen) atoms. The molecule has 0 saturated heterocycles. The van der Waals surface area contributed by atoms with E-state index in [0.29, 0.717) is 5.69 Å². The Bertz CT molecular complexity index is 641. The van der Waals surface area contributed by atoms with Gasteiger partial charge >= 0.3 is 0 Å². The Balaban J connectivity index is 2.23. The highest BCUT2D eigenvalue weighted by Crippen LogP contribution is 2.20. The lowest BCUT2D eigenvalue weighted by molar-refractivity contribution is 0.102. The largest absolute Gasteiger partial charge is 0.398 e. The third-order valence-corrected chi connectivity index (χ3v) is 2.88. The van der Waals surface area contributed by atoms with Gasteiger partial charge in [0.25, 0.3) is 5.91 Å². The fraction of sp³-hybridized carbons (Fsp3) is 0.133. The first-order valence-corrected chi connectivity index (χ1v) is 6.11. The van der Waals surface area contributed by atoms with Gasteiger partial charge in [0.2, 0.25) is 0 Å². The van der Waals surface area contributed by atoms with Crippen molar-refractivity contribution in [2.45, 2.75) is 0 Å². The van der Waals surface area contributed by atoms with E-state index >= 15 is 0 Å². The molecule has 0 radical (unpaired) electrons. The molecule has 104 valence electrons. The quantitative estimate of drug-likeness (QED) is 0.845. The van der Waals surface area contributed by atoms with Crippen LogP contribution in [-0.2, 0) is 0 Å². The van der Waals surface area contributed by atoms with E-state index in [4.69, 9.17) is 5.73 Å². The molecule has 3 N–H and O–H groups in total. The third-order valence-electron chi connectivity index (χ3n) is 2.88. The zero-order valence-corrected chi connectivity index (χ0v) is 11.4. The number of carbonyl (C=O) groups is 1. The number of amides is 1. The summed E-state index contributed by atoms with van der Waals surface area (Å²) in [7, 11) is 3.82. The van der Waals surface area contributed by atoms with Crippen LogP contribution in [0.5, 0.6) is 0 Å². The summed E-state index contributed by atoms with van der Waals surface area (Å²) < 4.78 is 13.2. The number of hydrogen-bond donors (Lipinski definition) is 2. The molecule has 0 unspecified atom stereocenters. The second-order valence-electron chi connectivity index (χ2n) is 4.63. The molecular weight excluding hydrogens is 257 g/mol. The molecule has 2 aromatic carbocycles. The van der Waals surface area contributed by atoms with E-state index in [1.54, 1.807) is 6.07 Å². The van der Waals surface area contributed by atoms with Crippen molar-refractivity contribution in [2.24, 2.45) is 0 Å². The monoisotopic (exact) mass is 273 g/mol. The number of nitrogens with zero attached hydrogens (tertiary/aromatic N) is 1. The number of nitrogen functional groups attached to an aromatic ring is 1. The summed E-state index contributed by atoms with van der Waals surface area (Å²) in [4.78, 5) is 14.0. The molecular formula is C15H16FN3O. The van der Waals surface area contributed by atoms with Crippen LogP contribution in [-0.4, -0.2) is 20.0 Å². The second kappa shape index (κ2) is 5.61. The average Bonchev–Trinajstić information content (AvgIpc) is 2.41. The van der Waals surface area contributed by atoms with Crippen LogP contribution in [0.3, 0.4) is 0 Å². The average molecular weight is 273 g/mol. The van der Waals surface area contributed by atoms with Crippen molar-refractivity contribution < 1.29 is 9.18 Å². The van der Waals surface area contributed by atoms with E-state index in [1.165, 1.54) is 12.1 Å². The van der Waals surface area contributed by atoms with Crippen molar-refractivity contribution in [2.75, 3.05) is 30.0 Å². The van der Waals surface area contributed by atoms with Gasteiger partial charge in [-0.05, 0) is 36.4 Å². The number of nitrogens with one attached hydrogen (secondary N) is 1. The first-order valence-electron chi connectivity index (χ1n) is 6.11. The fourth-order valence-corrected chi connectivity index (χ4v) is 1.79. The minimum atomic E-state index is -0.494. The molecule has 2 rings (SSSR count). The zero-order valence-electron chi connectivity index (χ0n) is 11.4. The van der Waals surface area contributed by atoms with Gasteiger partial charge in [0.1, 0.15) is 5.82 Å². The van der Waals surface area contributed by atoms with Gasteiger partial charge in [0.05, 0.1) is 5.56 Å². The van der Waals surface area contributed by atoms with Gasteiger partial charge in [-0.3, -0.25) is 4.79 Å². The Morgan fingerprint density at radius 2 is 1.95 bits per heavy atom. The number of rotatable bonds is 3. The number of hydrogen-bond acceptors (Lipinski definition) is 3.